The van der Waals surface area contributed by atoms with E-state index in [4.69, 9.17) is 5.11 Å². The van der Waals surface area contributed by atoms with Crippen molar-refractivity contribution in [2.75, 3.05) is 12.4 Å². The number of aliphatic hydroxyl groups excluding tert-OH is 1. The monoisotopic (exact) mass is 258 g/mol. The van der Waals surface area contributed by atoms with Gasteiger partial charge in [-0.2, -0.15) is 0 Å². The van der Waals surface area contributed by atoms with Crippen molar-refractivity contribution >= 4 is 10.0 Å². The molecule has 0 spiro atoms. The average Bonchev–Trinajstić information content (AvgIpc) is 2.27. The maximum Gasteiger partial charge on any atom is 0.211 e. The maximum atomic E-state index is 11.5. The van der Waals surface area contributed by atoms with Gasteiger partial charge < -0.3 is 5.11 Å². The minimum Gasteiger partial charge on any atom is -0.396 e. The van der Waals surface area contributed by atoms with Crippen LogP contribution in [0.5, 0.6) is 0 Å². The lowest BCUT2D eigenvalue weighted by atomic mass is 10.3. The van der Waals surface area contributed by atoms with Crippen LogP contribution in [0.2, 0.25) is 0 Å². The molecule has 0 aliphatic heterocycles. The number of nitrogens with one attached hydrogen (secondary N) is 1. The highest BCUT2D eigenvalue weighted by molar-refractivity contribution is 7.89. The number of hydrogen-bond donors (Lipinski definition) is 2. The van der Waals surface area contributed by atoms with E-state index in [1.54, 1.807) is 6.07 Å². The van der Waals surface area contributed by atoms with Crippen molar-refractivity contribution in [3.63, 3.8) is 0 Å². The standard InChI is InChI=1S/C11H18N2O3S/c1-10-5-4-6-11(13-10)9-12-17(15,16)8-3-2-7-14/h4-6,12,14H,2-3,7-9H2,1H3. The largest absolute Gasteiger partial charge is 0.396 e. The first kappa shape index (κ1) is 14.1. The highest BCUT2D eigenvalue weighted by atomic mass is 32.2. The van der Waals surface area contributed by atoms with Crippen molar-refractivity contribution in [3.05, 3.63) is 29.6 Å². The first-order chi connectivity index (χ1) is 8.03. The molecule has 1 heterocycles. The lowest BCUT2D eigenvalue weighted by molar-refractivity contribution is 0.287. The number of pyridine rings is 1. The Hall–Kier alpha value is -0.980. The third-order valence-corrected chi connectivity index (χ3v) is 3.65. The summed E-state index contributed by atoms with van der Waals surface area (Å²) in [5.41, 5.74) is 1.57. The molecule has 0 atom stereocenters. The molecule has 0 saturated heterocycles. The molecule has 6 heteroatoms. The van der Waals surface area contributed by atoms with Crippen molar-refractivity contribution in [3.8, 4) is 0 Å². The first-order valence-corrected chi connectivity index (χ1v) is 7.19. The van der Waals surface area contributed by atoms with Crippen LogP contribution in [-0.2, 0) is 16.6 Å². The van der Waals surface area contributed by atoms with Gasteiger partial charge in [-0.1, -0.05) is 6.07 Å². The third-order valence-electron chi connectivity index (χ3n) is 2.24. The van der Waals surface area contributed by atoms with E-state index in [1.165, 1.54) is 0 Å². The number of nitrogens with zero attached hydrogens (tertiary/aromatic N) is 1. The van der Waals surface area contributed by atoms with Crippen molar-refractivity contribution in [1.29, 1.82) is 0 Å². The van der Waals surface area contributed by atoms with Crippen molar-refractivity contribution in [2.45, 2.75) is 26.3 Å². The van der Waals surface area contributed by atoms with Crippen LogP contribution in [0, 0.1) is 6.92 Å². The molecule has 1 aromatic heterocycles. The second kappa shape index (κ2) is 6.68. The molecule has 0 saturated carbocycles. The van der Waals surface area contributed by atoms with Crippen LogP contribution in [0.3, 0.4) is 0 Å². The molecule has 5 nitrogen and oxygen atoms in total. The van der Waals surface area contributed by atoms with E-state index in [0.29, 0.717) is 18.5 Å². The molecule has 0 amide bonds. The predicted molar refractivity (Wildman–Crippen MR) is 65.9 cm³/mol. The quantitative estimate of drug-likeness (QED) is 0.701. The molecule has 0 fully saturated rings. The number of unbranched alkanes of at least 4 members (excludes halogenated alkanes) is 1. The molecule has 0 unspecified atom stereocenters. The third kappa shape index (κ3) is 5.76. The first-order valence-electron chi connectivity index (χ1n) is 5.54. The van der Waals surface area contributed by atoms with Crippen LogP contribution in [0.15, 0.2) is 18.2 Å². The van der Waals surface area contributed by atoms with Gasteiger partial charge >= 0.3 is 0 Å². The van der Waals surface area contributed by atoms with Gasteiger partial charge in [0.1, 0.15) is 0 Å². The van der Waals surface area contributed by atoms with E-state index in [2.05, 4.69) is 9.71 Å². The van der Waals surface area contributed by atoms with E-state index in [1.807, 2.05) is 19.1 Å². The summed E-state index contributed by atoms with van der Waals surface area (Å²) in [5, 5.41) is 8.58. The highest BCUT2D eigenvalue weighted by Crippen LogP contribution is 2.00. The Morgan fingerprint density at radius 1 is 1.35 bits per heavy atom. The Labute approximate surface area is 102 Å². The van der Waals surface area contributed by atoms with Gasteiger partial charge in [-0.25, -0.2) is 13.1 Å². The Morgan fingerprint density at radius 2 is 2.12 bits per heavy atom. The molecule has 0 aliphatic carbocycles. The molecule has 2 N–H and O–H groups in total. The summed E-state index contributed by atoms with van der Waals surface area (Å²) in [6.45, 7) is 2.09. The molecular formula is C11H18N2O3S. The van der Waals surface area contributed by atoms with Crippen LogP contribution < -0.4 is 4.72 Å². The van der Waals surface area contributed by atoms with Gasteiger partial charge in [-0.05, 0) is 31.9 Å². The zero-order valence-corrected chi connectivity index (χ0v) is 10.7. The fraction of sp³-hybridized carbons (Fsp3) is 0.545. The Bertz CT molecular complexity index is 446. The summed E-state index contributed by atoms with van der Waals surface area (Å²) in [5.74, 6) is 0.0410. The van der Waals surface area contributed by atoms with Crippen molar-refractivity contribution in [2.24, 2.45) is 0 Å². The van der Waals surface area contributed by atoms with Gasteiger partial charge in [0, 0.05) is 12.3 Å². The lowest BCUT2D eigenvalue weighted by Gasteiger charge is -2.06. The topological polar surface area (TPSA) is 79.3 Å². The SMILES string of the molecule is Cc1cccc(CNS(=O)(=O)CCCCO)n1. The summed E-state index contributed by atoms with van der Waals surface area (Å²) >= 11 is 0. The van der Waals surface area contributed by atoms with Crippen molar-refractivity contribution < 1.29 is 13.5 Å². The number of aryl methyl sites for hydroxylation is 1. The highest BCUT2D eigenvalue weighted by Gasteiger charge is 2.09. The summed E-state index contributed by atoms with van der Waals surface area (Å²) in [7, 11) is -3.27. The second-order valence-electron chi connectivity index (χ2n) is 3.84. The van der Waals surface area contributed by atoms with Gasteiger partial charge in [0.2, 0.25) is 10.0 Å². The molecule has 0 radical (unpaired) electrons. The molecule has 0 bridgehead atoms. The van der Waals surface area contributed by atoms with E-state index < -0.39 is 10.0 Å². The van der Waals surface area contributed by atoms with E-state index >= 15 is 0 Å². The van der Waals surface area contributed by atoms with Crippen LogP contribution in [-0.4, -0.2) is 30.9 Å². The smallest absolute Gasteiger partial charge is 0.211 e. The summed E-state index contributed by atoms with van der Waals surface area (Å²) in [4.78, 5) is 4.21. The number of hydrogen-bond acceptors (Lipinski definition) is 4. The van der Waals surface area contributed by atoms with E-state index in [-0.39, 0.29) is 18.9 Å². The molecule has 96 valence electrons. The van der Waals surface area contributed by atoms with Crippen molar-refractivity contribution in [1.82, 2.24) is 9.71 Å². The Balaban J connectivity index is 2.44. The number of sulfonamides is 1. The number of aromatic nitrogens is 1. The minimum absolute atomic E-state index is 0.0228. The summed E-state index contributed by atoms with van der Waals surface area (Å²) in [6.07, 6.45) is 0.969. The van der Waals surface area contributed by atoms with Crippen LogP contribution in [0.4, 0.5) is 0 Å². The van der Waals surface area contributed by atoms with Crippen LogP contribution in [0.1, 0.15) is 24.2 Å². The molecule has 1 aromatic rings. The average molecular weight is 258 g/mol. The van der Waals surface area contributed by atoms with Crippen LogP contribution in [0.25, 0.3) is 0 Å². The van der Waals surface area contributed by atoms with Gasteiger partial charge in [-0.3, -0.25) is 4.98 Å². The molecule has 1 rings (SSSR count). The second-order valence-corrected chi connectivity index (χ2v) is 5.77. The predicted octanol–water partition coefficient (Wildman–Crippen LogP) is 0.582. The zero-order chi connectivity index (χ0) is 12.7. The zero-order valence-electron chi connectivity index (χ0n) is 9.89. The minimum atomic E-state index is -3.27. The number of rotatable bonds is 7. The fourth-order valence-corrected chi connectivity index (χ4v) is 2.45. The van der Waals surface area contributed by atoms with Gasteiger partial charge in [0.15, 0.2) is 0 Å². The van der Waals surface area contributed by atoms with Gasteiger partial charge in [0.05, 0.1) is 18.0 Å². The van der Waals surface area contributed by atoms with E-state index in [0.717, 1.165) is 5.69 Å². The maximum absolute atomic E-state index is 11.5. The fourth-order valence-electron chi connectivity index (χ4n) is 1.36. The van der Waals surface area contributed by atoms with Crippen LogP contribution >= 0.6 is 0 Å². The van der Waals surface area contributed by atoms with E-state index in [9.17, 15) is 8.42 Å². The molecule has 0 aliphatic rings. The normalized spacial score (nSPS) is 11.6. The summed E-state index contributed by atoms with van der Waals surface area (Å²) < 4.78 is 25.6. The molecular weight excluding hydrogens is 240 g/mol. The van der Waals surface area contributed by atoms with Gasteiger partial charge in [-0.15, -0.1) is 0 Å². The summed E-state index contributed by atoms with van der Waals surface area (Å²) in [6, 6.07) is 5.49. The Kier molecular flexibility index (Phi) is 5.54. The molecule has 0 aromatic carbocycles. The lowest BCUT2D eigenvalue weighted by Crippen LogP contribution is -2.26. The van der Waals surface area contributed by atoms with Gasteiger partial charge in [0.25, 0.3) is 0 Å². The molecule has 17 heavy (non-hydrogen) atoms. The number of aliphatic hydroxyl groups is 1. The Morgan fingerprint density at radius 3 is 2.76 bits per heavy atom.